The van der Waals surface area contributed by atoms with Crippen molar-refractivity contribution in [2.75, 3.05) is 32.8 Å². The second kappa shape index (κ2) is 9.63. The van der Waals surface area contributed by atoms with E-state index in [-0.39, 0.29) is 12.4 Å². The van der Waals surface area contributed by atoms with Crippen LogP contribution >= 0.6 is 12.4 Å². The number of aliphatic hydroxyl groups is 1. The number of halogens is 1. The molecule has 1 aliphatic carbocycles. The van der Waals surface area contributed by atoms with Gasteiger partial charge in [-0.05, 0) is 68.7 Å². The van der Waals surface area contributed by atoms with Gasteiger partial charge in [-0.2, -0.15) is 0 Å². The van der Waals surface area contributed by atoms with Gasteiger partial charge in [-0.1, -0.05) is 24.3 Å². The lowest BCUT2D eigenvalue weighted by molar-refractivity contribution is 0.126. The number of hydrogen-bond acceptors (Lipinski definition) is 3. The molecular weight excluding hydrogens is 308 g/mol. The minimum Gasteiger partial charge on any atom is -0.396 e. The van der Waals surface area contributed by atoms with Crippen molar-refractivity contribution in [3.05, 3.63) is 35.4 Å². The van der Waals surface area contributed by atoms with Gasteiger partial charge in [0.1, 0.15) is 0 Å². The van der Waals surface area contributed by atoms with Gasteiger partial charge in [0.25, 0.3) is 0 Å². The monoisotopic (exact) mass is 338 g/mol. The van der Waals surface area contributed by atoms with Gasteiger partial charge in [0.05, 0.1) is 0 Å². The van der Waals surface area contributed by atoms with Crippen molar-refractivity contribution in [1.82, 2.24) is 10.2 Å². The number of rotatable bonds is 6. The van der Waals surface area contributed by atoms with Gasteiger partial charge in [-0.3, -0.25) is 4.90 Å². The first-order valence-electron chi connectivity index (χ1n) is 9.02. The summed E-state index contributed by atoms with van der Waals surface area (Å²) in [6, 6.07) is 9.55. The molecule has 1 unspecified atom stereocenters. The van der Waals surface area contributed by atoms with Crippen molar-refractivity contribution in [2.45, 2.75) is 44.6 Å². The number of benzene rings is 1. The molecule has 0 saturated carbocycles. The summed E-state index contributed by atoms with van der Waals surface area (Å²) < 4.78 is 0. The minimum atomic E-state index is 0. The Balaban J connectivity index is 0.00000192. The molecule has 0 amide bonds. The summed E-state index contributed by atoms with van der Waals surface area (Å²) in [4.78, 5) is 2.67. The summed E-state index contributed by atoms with van der Waals surface area (Å²) in [6.45, 7) is 4.86. The van der Waals surface area contributed by atoms with Gasteiger partial charge in [-0.15, -0.1) is 12.4 Å². The van der Waals surface area contributed by atoms with Gasteiger partial charge < -0.3 is 10.4 Å². The Hall–Kier alpha value is -0.610. The Bertz CT molecular complexity index is 462. The highest BCUT2D eigenvalue weighted by Crippen LogP contribution is 2.35. The molecule has 3 rings (SSSR count). The van der Waals surface area contributed by atoms with Crippen LogP contribution in [0.25, 0.3) is 0 Å². The third-order valence-electron chi connectivity index (χ3n) is 5.33. The number of piperidine rings is 1. The maximum Gasteiger partial charge on any atom is 0.0443 e. The van der Waals surface area contributed by atoms with Crippen molar-refractivity contribution in [3.63, 3.8) is 0 Å². The van der Waals surface area contributed by atoms with Crippen molar-refractivity contribution in [1.29, 1.82) is 0 Å². The summed E-state index contributed by atoms with van der Waals surface area (Å²) in [7, 11) is 0. The smallest absolute Gasteiger partial charge is 0.0443 e. The van der Waals surface area contributed by atoms with E-state index in [2.05, 4.69) is 34.5 Å². The Labute approximate surface area is 146 Å². The molecule has 130 valence electrons. The highest BCUT2D eigenvalue weighted by atomic mass is 35.5. The molecule has 0 spiro atoms. The van der Waals surface area contributed by atoms with Gasteiger partial charge in [0.2, 0.25) is 0 Å². The fourth-order valence-electron chi connectivity index (χ4n) is 4.15. The quantitative estimate of drug-likeness (QED) is 0.836. The van der Waals surface area contributed by atoms with Gasteiger partial charge in [-0.25, -0.2) is 0 Å². The molecule has 0 aromatic heterocycles. The summed E-state index contributed by atoms with van der Waals surface area (Å²) >= 11 is 0. The SMILES string of the molecule is Cl.OCCCN(CC1CCNCC1)C1CCCc2ccccc21. The molecule has 1 fully saturated rings. The maximum absolute atomic E-state index is 9.28. The molecule has 1 aliphatic heterocycles. The molecule has 0 bridgehead atoms. The molecule has 1 aromatic rings. The van der Waals surface area contributed by atoms with E-state index in [1.165, 1.54) is 57.3 Å². The first-order valence-corrected chi connectivity index (χ1v) is 9.02. The van der Waals surface area contributed by atoms with E-state index in [9.17, 15) is 5.11 Å². The molecule has 1 saturated heterocycles. The topological polar surface area (TPSA) is 35.5 Å². The number of hydrogen-bond donors (Lipinski definition) is 2. The first-order chi connectivity index (χ1) is 10.9. The first kappa shape index (κ1) is 18.7. The Morgan fingerprint density at radius 1 is 1.13 bits per heavy atom. The predicted octanol–water partition coefficient (Wildman–Crippen LogP) is 3.17. The largest absolute Gasteiger partial charge is 0.396 e. The van der Waals surface area contributed by atoms with E-state index >= 15 is 0 Å². The second-order valence-corrected chi connectivity index (χ2v) is 6.87. The van der Waals surface area contributed by atoms with E-state index in [1.54, 1.807) is 5.56 Å². The normalized spacial score (nSPS) is 21.7. The Morgan fingerprint density at radius 3 is 2.70 bits per heavy atom. The molecule has 2 aliphatic rings. The van der Waals surface area contributed by atoms with Crippen LogP contribution in [0.1, 0.15) is 49.3 Å². The van der Waals surface area contributed by atoms with E-state index in [1.807, 2.05) is 0 Å². The number of nitrogens with one attached hydrogen (secondary N) is 1. The highest BCUT2D eigenvalue weighted by molar-refractivity contribution is 5.85. The van der Waals surface area contributed by atoms with Crippen LogP contribution < -0.4 is 5.32 Å². The van der Waals surface area contributed by atoms with Gasteiger partial charge in [0, 0.05) is 25.7 Å². The van der Waals surface area contributed by atoms with Crippen molar-refractivity contribution in [2.24, 2.45) is 5.92 Å². The molecular formula is C19H31ClN2O. The van der Waals surface area contributed by atoms with Gasteiger partial charge in [0.15, 0.2) is 0 Å². The average molecular weight is 339 g/mol. The van der Waals surface area contributed by atoms with E-state index in [4.69, 9.17) is 0 Å². The standard InChI is InChI=1S/C19H30N2O.ClH/c22-14-4-13-21(15-16-9-11-20-12-10-16)19-8-3-6-17-5-1-2-7-18(17)19;/h1-2,5,7,16,19-20,22H,3-4,6,8-15H2;1H. The predicted molar refractivity (Wildman–Crippen MR) is 98.2 cm³/mol. The van der Waals surface area contributed by atoms with Crippen LogP contribution in [0, 0.1) is 5.92 Å². The molecule has 1 heterocycles. The summed E-state index contributed by atoms with van der Waals surface area (Å²) in [5.41, 5.74) is 3.08. The van der Waals surface area contributed by atoms with Crippen molar-refractivity contribution < 1.29 is 5.11 Å². The van der Waals surface area contributed by atoms with Crippen LogP contribution in [0.15, 0.2) is 24.3 Å². The second-order valence-electron chi connectivity index (χ2n) is 6.87. The van der Waals surface area contributed by atoms with Crippen LogP contribution in [-0.4, -0.2) is 42.8 Å². The lowest BCUT2D eigenvalue weighted by Crippen LogP contribution is -2.39. The van der Waals surface area contributed by atoms with Crippen LogP contribution in [0.2, 0.25) is 0 Å². The van der Waals surface area contributed by atoms with Crippen LogP contribution in [0.4, 0.5) is 0 Å². The highest BCUT2D eigenvalue weighted by Gasteiger charge is 2.27. The van der Waals surface area contributed by atoms with E-state index in [0.717, 1.165) is 18.9 Å². The number of aryl methyl sites for hydroxylation is 1. The third kappa shape index (κ3) is 4.93. The zero-order valence-electron chi connectivity index (χ0n) is 14.0. The maximum atomic E-state index is 9.28. The third-order valence-corrected chi connectivity index (χ3v) is 5.33. The van der Waals surface area contributed by atoms with Crippen LogP contribution in [-0.2, 0) is 6.42 Å². The summed E-state index contributed by atoms with van der Waals surface area (Å²) in [6.07, 6.45) is 7.28. The molecule has 2 N–H and O–H groups in total. The van der Waals surface area contributed by atoms with Crippen molar-refractivity contribution in [3.8, 4) is 0 Å². The Kier molecular flexibility index (Phi) is 7.84. The fraction of sp³-hybridized carbons (Fsp3) is 0.684. The fourth-order valence-corrected chi connectivity index (χ4v) is 4.15. The van der Waals surface area contributed by atoms with E-state index < -0.39 is 0 Å². The molecule has 0 radical (unpaired) electrons. The number of fused-ring (bicyclic) bond motifs is 1. The summed E-state index contributed by atoms with van der Waals surface area (Å²) in [5, 5.41) is 12.7. The average Bonchev–Trinajstić information content (AvgIpc) is 2.59. The molecule has 1 atom stereocenters. The zero-order valence-corrected chi connectivity index (χ0v) is 14.9. The zero-order chi connectivity index (χ0) is 15.2. The summed E-state index contributed by atoms with van der Waals surface area (Å²) in [5.74, 6) is 0.814. The molecule has 4 heteroatoms. The van der Waals surface area contributed by atoms with Gasteiger partial charge >= 0.3 is 0 Å². The lowest BCUT2D eigenvalue weighted by atomic mass is 9.85. The molecule has 1 aromatic carbocycles. The molecule has 3 nitrogen and oxygen atoms in total. The van der Waals surface area contributed by atoms with Crippen molar-refractivity contribution >= 4 is 12.4 Å². The lowest BCUT2D eigenvalue weighted by Gasteiger charge is -2.38. The number of aliphatic hydroxyl groups excluding tert-OH is 1. The van der Waals surface area contributed by atoms with Crippen LogP contribution in [0.3, 0.4) is 0 Å². The Morgan fingerprint density at radius 2 is 1.91 bits per heavy atom. The molecule has 23 heavy (non-hydrogen) atoms. The van der Waals surface area contributed by atoms with Crippen LogP contribution in [0.5, 0.6) is 0 Å². The number of nitrogens with zero attached hydrogens (tertiary/aromatic N) is 1. The minimum absolute atomic E-state index is 0. The van der Waals surface area contributed by atoms with E-state index in [0.29, 0.717) is 12.6 Å².